The van der Waals surface area contributed by atoms with Gasteiger partial charge in [-0.3, -0.25) is 4.79 Å². The summed E-state index contributed by atoms with van der Waals surface area (Å²) in [5.41, 5.74) is 1.72. The number of aromatic nitrogens is 1. The fourth-order valence-corrected chi connectivity index (χ4v) is 3.73. The Hall–Kier alpha value is -2.04. The first-order valence-corrected chi connectivity index (χ1v) is 9.06. The summed E-state index contributed by atoms with van der Waals surface area (Å²) in [6, 6.07) is 9.32. The zero-order valence-electron chi connectivity index (χ0n) is 14.4. The summed E-state index contributed by atoms with van der Waals surface area (Å²) in [5.74, 6) is 0.498. The van der Waals surface area contributed by atoms with Gasteiger partial charge in [0, 0.05) is 31.1 Å². The van der Waals surface area contributed by atoms with Gasteiger partial charge in [-0.25, -0.2) is 0 Å². The van der Waals surface area contributed by atoms with Crippen LogP contribution in [0.3, 0.4) is 0 Å². The van der Waals surface area contributed by atoms with Gasteiger partial charge in [-0.15, -0.1) is 0 Å². The highest BCUT2D eigenvalue weighted by Gasteiger charge is 2.38. The standard InChI is InChI=1S/C19H25N3O2/c1-13(2)22(15-7-8-15)18(23)14-9-11-21(12-10-14)19-20-16-5-3-4-6-17(16)24-19/h3-6,13-15H,7-12H2,1-2H3. The first-order valence-electron chi connectivity index (χ1n) is 9.06. The van der Waals surface area contributed by atoms with Gasteiger partial charge >= 0.3 is 0 Å². The van der Waals surface area contributed by atoms with E-state index >= 15 is 0 Å². The Morgan fingerprint density at radius 3 is 2.54 bits per heavy atom. The molecule has 2 aromatic rings. The number of nitrogens with zero attached hydrogens (tertiary/aromatic N) is 3. The minimum absolute atomic E-state index is 0.147. The van der Waals surface area contributed by atoms with Gasteiger partial charge in [-0.2, -0.15) is 4.98 Å². The predicted molar refractivity (Wildman–Crippen MR) is 94.0 cm³/mol. The van der Waals surface area contributed by atoms with E-state index in [0.29, 0.717) is 24.0 Å². The second kappa shape index (κ2) is 6.11. The van der Waals surface area contributed by atoms with Crippen LogP contribution in [0.1, 0.15) is 39.5 Å². The molecule has 5 heteroatoms. The Kier molecular flexibility index (Phi) is 3.94. The summed E-state index contributed by atoms with van der Waals surface area (Å²) in [6.45, 7) is 5.92. The van der Waals surface area contributed by atoms with Gasteiger partial charge in [0.2, 0.25) is 5.91 Å². The highest BCUT2D eigenvalue weighted by molar-refractivity contribution is 5.80. The van der Waals surface area contributed by atoms with Crippen molar-refractivity contribution in [2.45, 2.75) is 51.6 Å². The van der Waals surface area contributed by atoms with Crippen molar-refractivity contribution in [3.8, 4) is 0 Å². The van der Waals surface area contributed by atoms with Crippen LogP contribution >= 0.6 is 0 Å². The van der Waals surface area contributed by atoms with E-state index in [4.69, 9.17) is 4.42 Å². The first-order chi connectivity index (χ1) is 11.6. The molecule has 2 aliphatic rings. The third-order valence-electron chi connectivity index (χ3n) is 5.15. The average molecular weight is 327 g/mol. The first kappa shape index (κ1) is 15.5. The molecule has 128 valence electrons. The third kappa shape index (κ3) is 2.87. The van der Waals surface area contributed by atoms with Crippen LogP contribution in [0, 0.1) is 5.92 Å². The van der Waals surface area contributed by atoms with E-state index < -0.39 is 0 Å². The smallest absolute Gasteiger partial charge is 0.298 e. The summed E-state index contributed by atoms with van der Waals surface area (Å²) in [4.78, 5) is 21.7. The molecule has 1 amide bonds. The maximum absolute atomic E-state index is 12.9. The van der Waals surface area contributed by atoms with Crippen LogP contribution in [0.15, 0.2) is 28.7 Å². The van der Waals surface area contributed by atoms with Crippen molar-refractivity contribution in [1.29, 1.82) is 0 Å². The highest BCUT2D eigenvalue weighted by Crippen LogP contribution is 2.33. The number of hydrogen-bond acceptors (Lipinski definition) is 4. The zero-order valence-corrected chi connectivity index (χ0v) is 14.4. The number of fused-ring (bicyclic) bond motifs is 1. The molecular weight excluding hydrogens is 302 g/mol. The van der Waals surface area contributed by atoms with Gasteiger partial charge in [-0.05, 0) is 51.7 Å². The minimum Gasteiger partial charge on any atom is -0.423 e. The van der Waals surface area contributed by atoms with E-state index in [1.807, 2.05) is 24.3 Å². The van der Waals surface area contributed by atoms with E-state index in [2.05, 4.69) is 28.6 Å². The monoisotopic (exact) mass is 327 g/mol. The Morgan fingerprint density at radius 1 is 1.21 bits per heavy atom. The third-order valence-corrected chi connectivity index (χ3v) is 5.15. The van der Waals surface area contributed by atoms with E-state index in [1.54, 1.807) is 0 Å². The number of amides is 1. The molecule has 2 fully saturated rings. The number of rotatable bonds is 4. The van der Waals surface area contributed by atoms with Gasteiger partial charge in [-0.1, -0.05) is 12.1 Å². The average Bonchev–Trinajstić information content (AvgIpc) is 3.31. The highest BCUT2D eigenvalue weighted by atomic mass is 16.4. The van der Waals surface area contributed by atoms with Gasteiger partial charge in [0.15, 0.2) is 5.58 Å². The van der Waals surface area contributed by atoms with Crippen molar-refractivity contribution in [1.82, 2.24) is 9.88 Å². The lowest BCUT2D eigenvalue weighted by Crippen LogP contribution is -2.46. The van der Waals surface area contributed by atoms with E-state index in [1.165, 1.54) is 12.8 Å². The quantitative estimate of drug-likeness (QED) is 0.863. The van der Waals surface area contributed by atoms with Gasteiger partial charge in [0.05, 0.1) is 0 Å². The fourth-order valence-electron chi connectivity index (χ4n) is 3.73. The lowest BCUT2D eigenvalue weighted by molar-refractivity contribution is -0.138. The maximum Gasteiger partial charge on any atom is 0.298 e. The molecule has 1 aliphatic heterocycles. The summed E-state index contributed by atoms with van der Waals surface area (Å²) in [6.07, 6.45) is 4.11. The van der Waals surface area contributed by atoms with Crippen LogP contribution in [0.4, 0.5) is 6.01 Å². The van der Waals surface area contributed by atoms with Crippen molar-refractivity contribution >= 4 is 23.0 Å². The molecule has 0 N–H and O–H groups in total. The van der Waals surface area contributed by atoms with Gasteiger partial charge < -0.3 is 14.2 Å². The number of hydrogen-bond donors (Lipinski definition) is 0. The lowest BCUT2D eigenvalue weighted by Gasteiger charge is -2.35. The normalized spacial score (nSPS) is 19.2. The van der Waals surface area contributed by atoms with Crippen LogP contribution in [0.5, 0.6) is 0 Å². The van der Waals surface area contributed by atoms with Crippen molar-refractivity contribution in [3.05, 3.63) is 24.3 Å². The number of carbonyl (C=O) groups excluding carboxylic acids is 1. The topological polar surface area (TPSA) is 49.6 Å². The van der Waals surface area contributed by atoms with E-state index in [0.717, 1.165) is 37.0 Å². The molecule has 24 heavy (non-hydrogen) atoms. The number of carbonyl (C=O) groups is 1. The van der Waals surface area contributed by atoms with Crippen LogP contribution in [-0.2, 0) is 4.79 Å². The molecule has 0 radical (unpaired) electrons. The van der Waals surface area contributed by atoms with E-state index in [-0.39, 0.29) is 5.92 Å². The Balaban J connectivity index is 1.41. The molecule has 0 bridgehead atoms. The molecule has 1 aliphatic carbocycles. The van der Waals surface area contributed by atoms with Crippen molar-refractivity contribution < 1.29 is 9.21 Å². The molecule has 2 heterocycles. The Bertz CT molecular complexity index is 692. The van der Waals surface area contributed by atoms with Crippen LogP contribution in [0.25, 0.3) is 11.1 Å². The SMILES string of the molecule is CC(C)N(C(=O)C1CCN(c2nc3ccccc3o2)CC1)C1CC1. The van der Waals surface area contributed by atoms with Crippen molar-refractivity contribution in [3.63, 3.8) is 0 Å². The van der Waals surface area contributed by atoms with Crippen molar-refractivity contribution in [2.24, 2.45) is 5.92 Å². The minimum atomic E-state index is 0.147. The molecule has 0 unspecified atom stereocenters. The number of oxazole rings is 1. The van der Waals surface area contributed by atoms with Gasteiger partial charge in [0.1, 0.15) is 5.52 Å². The molecule has 0 atom stereocenters. The molecule has 4 rings (SSSR count). The predicted octanol–water partition coefficient (Wildman–Crippen LogP) is 3.44. The number of piperidine rings is 1. The lowest BCUT2D eigenvalue weighted by atomic mass is 9.95. The molecule has 5 nitrogen and oxygen atoms in total. The second-order valence-electron chi connectivity index (χ2n) is 7.30. The number of benzene rings is 1. The molecule has 0 spiro atoms. The zero-order chi connectivity index (χ0) is 16.7. The Morgan fingerprint density at radius 2 is 1.92 bits per heavy atom. The summed E-state index contributed by atoms with van der Waals surface area (Å²) >= 11 is 0. The molecular formula is C19H25N3O2. The fraction of sp³-hybridized carbons (Fsp3) is 0.579. The molecule has 1 aromatic heterocycles. The Labute approximate surface area is 142 Å². The number of para-hydroxylation sites is 2. The largest absolute Gasteiger partial charge is 0.423 e. The molecule has 1 aromatic carbocycles. The van der Waals surface area contributed by atoms with Crippen LogP contribution in [0.2, 0.25) is 0 Å². The molecule has 1 saturated heterocycles. The van der Waals surface area contributed by atoms with Crippen molar-refractivity contribution in [2.75, 3.05) is 18.0 Å². The van der Waals surface area contributed by atoms with E-state index in [9.17, 15) is 4.79 Å². The number of anilines is 1. The maximum atomic E-state index is 12.9. The summed E-state index contributed by atoms with van der Waals surface area (Å²) < 4.78 is 5.86. The summed E-state index contributed by atoms with van der Waals surface area (Å²) in [7, 11) is 0. The van der Waals surface area contributed by atoms with Crippen LogP contribution < -0.4 is 4.90 Å². The molecule has 1 saturated carbocycles. The van der Waals surface area contributed by atoms with Gasteiger partial charge in [0.25, 0.3) is 6.01 Å². The summed E-state index contributed by atoms with van der Waals surface area (Å²) in [5, 5.41) is 0. The van der Waals surface area contributed by atoms with Crippen LogP contribution in [-0.4, -0.2) is 41.0 Å². The second-order valence-corrected chi connectivity index (χ2v) is 7.30.